The predicted molar refractivity (Wildman–Crippen MR) is 192 cm³/mol. The van der Waals surface area contributed by atoms with Crippen LogP contribution in [0.4, 0.5) is 0 Å². The number of thiophene rings is 1. The van der Waals surface area contributed by atoms with Crippen LogP contribution in [-0.2, 0) is 18.9 Å². The lowest BCUT2D eigenvalue weighted by Crippen LogP contribution is -2.43. The lowest BCUT2D eigenvalue weighted by molar-refractivity contribution is -0.0620. The Morgan fingerprint density at radius 1 is 0.725 bits per heavy atom. The molecule has 1 saturated heterocycles. The van der Waals surface area contributed by atoms with Gasteiger partial charge in [-0.2, -0.15) is 0 Å². The van der Waals surface area contributed by atoms with E-state index in [0.29, 0.717) is 11.1 Å². The van der Waals surface area contributed by atoms with Gasteiger partial charge in [-0.25, -0.2) is 19.2 Å². The molecular formula is C38H27BrN2O9S. The van der Waals surface area contributed by atoms with Gasteiger partial charge in [0, 0.05) is 15.4 Å². The van der Waals surface area contributed by atoms with E-state index >= 15 is 0 Å². The highest BCUT2D eigenvalue weighted by molar-refractivity contribution is 9.10. The fraction of sp³-hybridized carbons (Fsp3) is 0.132. The summed E-state index contributed by atoms with van der Waals surface area (Å²) in [7, 11) is 0. The summed E-state index contributed by atoms with van der Waals surface area (Å²) in [6, 6.07) is 31.9. The van der Waals surface area contributed by atoms with Gasteiger partial charge >= 0.3 is 23.6 Å². The van der Waals surface area contributed by atoms with Crippen LogP contribution >= 0.6 is 27.3 Å². The lowest BCUT2D eigenvalue weighted by Gasteiger charge is -2.25. The van der Waals surface area contributed by atoms with Gasteiger partial charge in [0.2, 0.25) is 0 Å². The maximum atomic E-state index is 13.9. The first kappa shape index (κ1) is 33.8. The number of hydrogen-bond acceptors (Lipinski definition) is 10. The molecule has 0 unspecified atom stereocenters. The van der Waals surface area contributed by atoms with Crippen molar-refractivity contribution in [3.05, 3.63) is 163 Å². The zero-order chi connectivity index (χ0) is 35.5. The quantitative estimate of drug-likeness (QED) is 0.131. The number of aromatic amines is 1. The average molecular weight is 768 g/mol. The minimum Gasteiger partial charge on any atom is -0.459 e. The minimum absolute atomic E-state index is 0.188. The van der Waals surface area contributed by atoms with Crippen LogP contribution in [0.1, 0.15) is 37.3 Å². The summed E-state index contributed by atoms with van der Waals surface area (Å²) in [6.45, 7) is -0.444. The van der Waals surface area contributed by atoms with E-state index in [0.717, 1.165) is 15.8 Å². The van der Waals surface area contributed by atoms with Crippen molar-refractivity contribution in [1.82, 2.24) is 9.55 Å². The molecule has 13 heteroatoms. The molecular weight excluding hydrogens is 740 g/mol. The van der Waals surface area contributed by atoms with Crippen molar-refractivity contribution in [2.24, 2.45) is 0 Å². The number of H-pyrrole nitrogens is 1. The van der Waals surface area contributed by atoms with Gasteiger partial charge in [-0.3, -0.25) is 14.3 Å². The first-order chi connectivity index (χ1) is 24.8. The second-order valence-electron chi connectivity index (χ2n) is 11.5. The number of esters is 3. The molecule has 11 nitrogen and oxygen atoms in total. The number of carbonyl (C=O) groups excluding carboxylic acids is 3. The lowest BCUT2D eigenvalue weighted by atomic mass is 10.1. The van der Waals surface area contributed by atoms with E-state index in [1.807, 2.05) is 24.3 Å². The number of benzene rings is 4. The first-order valence-electron chi connectivity index (χ1n) is 15.7. The van der Waals surface area contributed by atoms with Crippen molar-refractivity contribution in [3.8, 4) is 11.1 Å². The average Bonchev–Trinajstić information content (AvgIpc) is 3.74. The summed E-state index contributed by atoms with van der Waals surface area (Å²) in [5.41, 5.74) is 0.644. The number of nitrogens with zero attached hydrogens (tertiary/aromatic N) is 1. The van der Waals surface area contributed by atoms with Crippen molar-refractivity contribution in [3.63, 3.8) is 0 Å². The molecule has 3 heterocycles. The van der Waals surface area contributed by atoms with Crippen molar-refractivity contribution in [2.75, 3.05) is 6.61 Å². The highest BCUT2D eigenvalue weighted by atomic mass is 79.9. The monoisotopic (exact) mass is 766 g/mol. The van der Waals surface area contributed by atoms with Crippen LogP contribution in [0.25, 0.3) is 21.3 Å². The predicted octanol–water partition coefficient (Wildman–Crippen LogP) is 6.39. The minimum atomic E-state index is -1.46. The SMILES string of the molecule is O=C(OC[C@H]1O[C@@H](n2c(=O)[nH]c(=O)c3scc(-c4ccc(Br)cc4)c32)[C@H](OC(=O)c2ccccc2)[C@@H]1OC(=O)c1ccccc1)c1ccccc1. The number of rotatable bonds is 9. The number of carbonyl (C=O) groups is 3. The third kappa shape index (κ3) is 7.04. The van der Waals surface area contributed by atoms with E-state index in [1.165, 1.54) is 4.57 Å². The summed E-state index contributed by atoms with van der Waals surface area (Å²) in [4.78, 5) is 69.6. The molecule has 1 aliphatic rings. The molecule has 0 amide bonds. The molecule has 1 aliphatic heterocycles. The molecule has 7 rings (SSSR count). The number of nitrogens with one attached hydrogen (secondary N) is 1. The van der Waals surface area contributed by atoms with E-state index in [2.05, 4.69) is 20.9 Å². The van der Waals surface area contributed by atoms with Crippen LogP contribution in [0.3, 0.4) is 0 Å². The van der Waals surface area contributed by atoms with E-state index in [9.17, 15) is 24.0 Å². The smallest absolute Gasteiger partial charge is 0.338 e. The summed E-state index contributed by atoms with van der Waals surface area (Å²) in [5, 5.41) is 1.74. The topological polar surface area (TPSA) is 143 Å². The molecule has 0 radical (unpaired) electrons. The Morgan fingerprint density at radius 3 is 1.82 bits per heavy atom. The van der Waals surface area contributed by atoms with Gasteiger partial charge in [0.05, 0.1) is 22.2 Å². The van der Waals surface area contributed by atoms with Crippen LogP contribution in [0.15, 0.2) is 135 Å². The van der Waals surface area contributed by atoms with Crippen molar-refractivity contribution >= 4 is 55.4 Å². The van der Waals surface area contributed by atoms with Crippen molar-refractivity contribution < 1.29 is 33.3 Å². The molecule has 4 aromatic carbocycles. The number of aromatic nitrogens is 2. The summed E-state index contributed by atoms with van der Waals surface area (Å²) in [5.74, 6) is -2.23. The second kappa shape index (κ2) is 14.7. The number of hydrogen-bond donors (Lipinski definition) is 1. The van der Waals surface area contributed by atoms with Crippen LogP contribution < -0.4 is 11.2 Å². The normalized spacial score (nSPS) is 18.3. The Kier molecular flexibility index (Phi) is 9.75. The van der Waals surface area contributed by atoms with Crippen molar-refractivity contribution in [2.45, 2.75) is 24.5 Å². The largest absolute Gasteiger partial charge is 0.459 e. The molecule has 0 saturated carbocycles. The number of halogens is 1. The summed E-state index contributed by atoms with van der Waals surface area (Å²) in [6.07, 6.45) is -5.53. The molecule has 1 fully saturated rings. The van der Waals surface area contributed by atoms with E-state index in [-0.39, 0.29) is 26.9 Å². The molecule has 0 aliphatic carbocycles. The Labute approximate surface area is 302 Å². The van der Waals surface area contributed by atoms with E-state index in [4.69, 9.17) is 18.9 Å². The second-order valence-corrected chi connectivity index (χ2v) is 13.3. The van der Waals surface area contributed by atoms with Gasteiger partial charge in [-0.05, 0) is 54.1 Å². The van der Waals surface area contributed by atoms with Gasteiger partial charge < -0.3 is 18.9 Å². The third-order valence-corrected chi connectivity index (χ3v) is 9.74. The Hall–Kier alpha value is -5.63. The zero-order valence-corrected chi connectivity index (χ0v) is 28.9. The molecule has 256 valence electrons. The fourth-order valence-electron chi connectivity index (χ4n) is 5.81. The van der Waals surface area contributed by atoms with Gasteiger partial charge in [-0.15, -0.1) is 11.3 Å². The Bertz CT molecular complexity index is 2330. The highest BCUT2D eigenvalue weighted by Gasteiger charge is 2.52. The Morgan fingerprint density at radius 2 is 1.25 bits per heavy atom. The standard InChI is InChI=1S/C38H27BrN2O9S/c39-26-18-16-22(17-19-26)27-21-51-32-29(27)41(38(46)40-33(32)42)34-31(50-37(45)25-14-8-3-9-15-25)30(49-36(44)24-12-6-2-7-13-24)28(48-34)20-47-35(43)23-10-4-1-5-11-23/h1-19,21,28,30-31,34H,20H2,(H,40,42,46)/t28-,30-,31-,34-/m1/s1. The van der Waals surface area contributed by atoms with E-state index in [1.54, 1.807) is 96.4 Å². The molecule has 0 spiro atoms. The molecule has 51 heavy (non-hydrogen) atoms. The molecule has 1 N–H and O–H groups in total. The maximum absolute atomic E-state index is 13.9. The van der Waals surface area contributed by atoms with Crippen LogP contribution in [0.2, 0.25) is 0 Å². The van der Waals surface area contributed by atoms with Crippen LogP contribution in [0, 0.1) is 0 Å². The summed E-state index contributed by atoms with van der Waals surface area (Å²) >= 11 is 4.56. The number of ether oxygens (including phenoxy) is 4. The van der Waals surface area contributed by atoms with E-state index < -0.39 is 60.3 Å². The van der Waals surface area contributed by atoms with Crippen molar-refractivity contribution in [1.29, 1.82) is 0 Å². The van der Waals surface area contributed by atoms with Gasteiger partial charge in [0.1, 0.15) is 17.4 Å². The van der Waals surface area contributed by atoms with Gasteiger partial charge in [0.25, 0.3) is 5.56 Å². The maximum Gasteiger partial charge on any atom is 0.338 e. The summed E-state index contributed by atoms with van der Waals surface area (Å²) < 4.78 is 26.4. The zero-order valence-electron chi connectivity index (χ0n) is 26.5. The molecule has 2 aromatic heterocycles. The fourth-order valence-corrected chi connectivity index (χ4v) is 7.04. The van der Waals surface area contributed by atoms with Crippen LogP contribution in [0.5, 0.6) is 0 Å². The Balaban J connectivity index is 1.36. The molecule has 0 bridgehead atoms. The molecule has 6 aromatic rings. The third-order valence-electron chi connectivity index (χ3n) is 8.24. The van der Waals surface area contributed by atoms with Gasteiger partial charge in [0.15, 0.2) is 18.4 Å². The van der Waals surface area contributed by atoms with Gasteiger partial charge in [-0.1, -0.05) is 82.7 Å². The number of fused-ring (bicyclic) bond motifs is 1. The molecule has 4 atom stereocenters. The first-order valence-corrected chi connectivity index (χ1v) is 17.4. The van der Waals surface area contributed by atoms with Crippen LogP contribution in [-0.4, -0.2) is 52.4 Å². The highest BCUT2D eigenvalue weighted by Crippen LogP contribution is 2.39.